The summed E-state index contributed by atoms with van der Waals surface area (Å²) < 4.78 is 5.39. The van der Waals surface area contributed by atoms with Crippen molar-refractivity contribution in [3.05, 3.63) is 0 Å². The van der Waals surface area contributed by atoms with Crippen molar-refractivity contribution in [3.8, 4) is 0 Å². The van der Waals surface area contributed by atoms with Crippen molar-refractivity contribution in [2.45, 2.75) is 58.2 Å². The van der Waals surface area contributed by atoms with Gasteiger partial charge in [0.1, 0.15) is 0 Å². The number of carbonyl (C=O) groups excluding carboxylic acids is 1. The third kappa shape index (κ3) is 1.53. The average Bonchev–Trinajstić information content (AvgIpc) is 2.83. The van der Waals surface area contributed by atoms with Crippen LogP contribution in [0.2, 0.25) is 0 Å². The lowest BCUT2D eigenvalue weighted by molar-refractivity contribution is -0.139. The second-order valence-corrected chi connectivity index (χ2v) is 4.29. The first-order valence-electron chi connectivity index (χ1n) is 5.38. The zero-order chi connectivity index (χ0) is 10.3. The van der Waals surface area contributed by atoms with E-state index in [4.69, 9.17) is 4.74 Å². The summed E-state index contributed by atoms with van der Waals surface area (Å²) in [5.41, 5.74) is 0. The number of rotatable bonds is 3. The quantitative estimate of drug-likeness (QED) is 0.678. The van der Waals surface area contributed by atoms with E-state index in [2.05, 4.69) is 12.2 Å². The molecule has 2 saturated heterocycles. The van der Waals surface area contributed by atoms with E-state index in [1.807, 2.05) is 18.7 Å². The van der Waals surface area contributed by atoms with E-state index in [0.29, 0.717) is 0 Å². The molecule has 80 valence electrons. The van der Waals surface area contributed by atoms with Crippen molar-refractivity contribution in [1.29, 1.82) is 0 Å². The molecule has 0 aromatic rings. The fraction of sp³-hybridized carbons (Fsp3) is 0.900. The fourth-order valence-corrected chi connectivity index (χ4v) is 2.06. The first kappa shape index (κ1) is 9.93. The maximum absolute atomic E-state index is 12.0. The third-order valence-corrected chi connectivity index (χ3v) is 2.79. The van der Waals surface area contributed by atoms with Crippen LogP contribution in [0.1, 0.15) is 33.6 Å². The zero-order valence-corrected chi connectivity index (χ0v) is 8.99. The Morgan fingerprint density at radius 1 is 1.57 bits per heavy atom. The van der Waals surface area contributed by atoms with Gasteiger partial charge in [-0.1, -0.05) is 13.3 Å². The fourth-order valence-electron chi connectivity index (χ4n) is 2.06. The van der Waals surface area contributed by atoms with E-state index in [-0.39, 0.29) is 30.4 Å². The molecule has 3 unspecified atom stereocenters. The van der Waals surface area contributed by atoms with Gasteiger partial charge in [0.2, 0.25) is 5.91 Å². The van der Waals surface area contributed by atoms with Crippen molar-refractivity contribution in [2.24, 2.45) is 0 Å². The van der Waals surface area contributed by atoms with Crippen LogP contribution < -0.4 is 5.32 Å². The molecule has 2 heterocycles. The maximum atomic E-state index is 12.0. The Hall–Kier alpha value is -0.610. The van der Waals surface area contributed by atoms with Crippen LogP contribution in [-0.2, 0) is 9.53 Å². The van der Waals surface area contributed by atoms with Crippen LogP contribution in [0.5, 0.6) is 0 Å². The molecular formula is C10H18N2O2. The van der Waals surface area contributed by atoms with Crippen LogP contribution in [0.15, 0.2) is 0 Å². The van der Waals surface area contributed by atoms with E-state index >= 15 is 0 Å². The van der Waals surface area contributed by atoms with Gasteiger partial charge in [-0.05, 0) is 20.3 Å². The Morgan fingerprint density at radius 3 is 2.86 bits per heavy atom. The Balaban J connectivity index is 2.07. The molecule has 0 aromatic carbocycles. The number of piperazine rings is 1. The molecule has 3 atom stereocenters. The van der Waals surface area contributed by atoms with Crippen molar-refractivity contribution in [3.63, 3.8) is 0 Å². The van der Waals surface area contributed by atoms with Gasteiger partial charge in [-0.15, -0.1) is 0 Å². The molecule has 0 radical (unpaired) electrons. The van der Waals surface area contributed by atoms with Crippen LogP contribution in [0.3, 0.4) is 0 Å². The predicted octanol–water partition coefficient (Wildman–Crippen LogP) is 0.678. The molecule has 0 aliphatic carbocycles. The van der Waals surface area contributed by atoms with Gasteiger partial charge in [0.25, 0.3) is 0 Å². The van der Waals surface area contributed by atoms with E-state index in [0.717, 1.165) is 12.8 Å². The number of ether oxygens (including phenoxy) is 1. The van der Waals surface area contributed by atoms with E-state index in [9.17, 15) is 4.79 Å². The van der Waals surface area contributed by atoms with E-state index in [1.54, 1.807) is 0 Å². The van der Waals surface area contributed by atoms with E-state index < -0.39 is 0 Å². The van der Waals surface area contributed by atoms with Gasteiger partial charge in [-0.25, -0.2) is 0 Å². The minimum absolute atomic E-state index is 0.00407. The molecule has 2 rings (SSSR count). The number of hydrogen-bond donors (Lipinski definition) is 1. The molecule has 2 aliphatic rings. The number of nitrogens with one attached hydrogen (secondary N) is 1. The number of carbonyl (C=O) groups is 1. The second kappa shape index (κ2) is 3.51. The summed E-state index contributed by atoms with van der Waals surface area (Å²) in [5.74, 6) is 0.195. The molecule has 4 nitrogen and oxygen atoms in total. The highest BCUT2D eigenvalue weighted by molar-refractivity contribution is 5.83. The summed E-state index contributed by atoms with van der Waals surface area (Å²) in [5, 5.41) is 3.21. The predicted molar refractivity (Wildman–Crippen MR) is 52.5 cm³/mol. The number of epoxide rings is 1. The second-order valence-electron chi connectivity index (χ2n) is 4.29. The van der Waals surface area contributed by atoms with Gasteiger partial charge in [-0.3, -0.25) is 10.1 Å². The standard InChI is InChI=1S/C10H18N2O2/c1-4-5-7-9(13)12(6(2)3)10-8(11-7)14-10/h6-8,10-11H,4-5H2,1-3H3. The molecule has 0 spiro atoms. The molecule has 14 heavy (non-hydrogen) atoms. The highest BCUT2D eigenvalue weighted by Crippen LogP contribution is 2.31. The summed E-state index contributed by atoms with van der Waals surface area (Å²) >= 11 is 0. The Morgan fingerprint density at radius 2 is 2.29 bits per heavy atom. The molecular weight excluding hydrogens is 180 g/mol. The SMILES string of the molecule is CCCC1NC2OC2N(C(C)C)C1=O. The molecule has 1 N–H and O–H groups in total. The lowest BCUT2D eigenvalue weighted by Gasteiger charge is -2.32. The summed E-state index contributed by atoms with van der Waals surface area (Å²) in [7, 11) is 0. The van der Waals surface area contributed by atoms with Crippen LogP contribution >= 0.6 is 0 Å². The molecule has 4 heteroatoms. The number of amides is 1. The van der Waals surface area contributed by atoms with Crippen molar-refractivity contribution < 1.29 is 9.53 Å². The lowest BCUT2D eigenvalue weighted by Crippen LogP contribution is -2.56. The topological polar surface area (TPSA) is 44.9 Å². The van der Waals surface area contributed by atoms with Gasteiger partial charge >= 0.3 is 0 Å². The highest BCUT2D eigenvalue weighted by Gasteiger charge is 2.53. The summed E-state index contributed by atoms with van der Waals surface area (Å²) in [6.45, 7) is 6.16. The minimum Gasteiger partial charge on any atom is -0.331 e. The van der Waals surface area contributed by atoms with Gasteiger partial charge in [0, 0.05) is 6.04 Å². The molecule has 0 bridgehead atoms. The smallest absolute Gasteiger partial charge is 0.242 e. The number of fused-ring (bicyclic) bond motifs is 1. The van der Waals surface area contributed by atoms with Gasteiger partial charge in [-0.2, -0.15) is 0 Å². The van der Waals surface area contributed by atoms with Gasteiger partial charge < -0.3 is 9.64 Å². The monoisotopic (exact) mass is 198 g/mol. The van der Waals surface area contributed by atoms with Gasteiger partial charge in [0.15, 0.2) is 12.5 Å². The van der Waals surface area contributed by atoms with Crippen molar-refractivity contribution in [2.75, 3.05) is 0 Å². The largest absolute Gasteiger partial charge is 0.331 e. The third-order valence-electron chi connectivity index (χ3n) is 2.79. The maximum Gasteiger partial charge on any atom is 0.242 e. The first-order valence-corrected chi connectivity index (χ1v) is 5.38. The normalized spacial score (nSPS) is 36.1. The van der Waals surface area contributed by atoms with Gasteiger partial charge in [0.05, 0.1) is 6.04 Å². The van der Waals surface area contributed by atoms with Crippen molar-refractivity contribution >= 4 is 5.91 Å². The Kier molecular flexibility index (Phi) is 2.49. The first-order chi connectivity index (χ1) is 6.65. The molecule has 2 aliphatic heterocycles. The van der Waals surface area contributed by atoms with E-state index in [1.165, 1.54) is 0 Å². The average molecular weight is 198 g/mol. The molecule has 1 amide bonds. The zero-order valence-electron chi connectivity index (χ0n) is 8.99. The Labute approximate surface area is 84.6 Å². The summed E-state index contributed by atoms with van der Waals surface area (Å²) in [4.78, 5) is 13.8. The van der Waals surface area contributed by atoms with Crippen LogP contribution in [-0.4, -0.2) is 35.3 Å². The lowest BCUT2D eigenvalue weighted by atomic mass is 10.1. The molecule has 0 saturated carbocycles. The Bertz CT molecular complexity index is 242. The minimum atomic E-state index is -0.0360. The molecule has 2 fully saturated rings. The van der Waals surface area contributed by atoms with Crippen LogP contribution in [0.25, 0.3) is 0 Å². The van der Waals surface area contributed by atoms with Crippen molar-refractivity contribution in [1.82, 2.24) is 10.2 Å². The number of nitrogens with zero attached hydrogens (tertiary/aromatic N) is 1. The highest BCUT2D eigenvalue weighted by atomic mass is 16.6. The summed E-state index contributed by atoms with van der Waals surface area (Å²) in [6.07, 6.45) is 2.00. The molecule has 0 aromatic heterocycles. The van der Waals surface area contributed by atoms with Crippen LogP contribution in [0.4, 0.5) is 0 Å². The van der Waals surface area contributed by atoms with Crippen LogP contribution in [0, 0.1) is 0 Å². The summed E-state index contributed by atoms with van der Waals surface area (Å²) in [6, 6.07) is 0.199. The number of hydrogen-bond acceptors (Lipinski definition) is 3.